The molecule has 0 unspecified atom stereocenters. The van der Waals surface area contributed by atoms with Gasteiger partial charge in [0, 0.05) is 19.1 Å². The van der Waals surface area contributed by atoms with E-state index in [9.17, 15) is 4.79 Å². The maximum atomic E-state index is 11.3. The SMILES string of the molecule is COC(=O)c1ccc(CNC[C@H](N)c2ccccc2)cc1. The summed E-state index contributed by atoms with van der Waals surface area (Å²) in [6.45, 7) is 1.41. The topological polar surface area (TPSA) is 64.3 Å². The largest absolute Gasteiger partial charge is 0.465 e. The zero-order chi connectivity index (χ0) is 15.1. The minimum Gasteiger partial charge on any atom is -0.465 e. The summed E-state index contributed by atoms with van der Waals surface area (Å²) in [4.78, 5) is 11.3. The second kappa shape index (κ2) is 7.57. The van der Waals surface area contributed by atoms with E-state index in [2.05, 4.69) is 10.1 Å². The van der Waals surface area contributed by atoms with Crippen LogP contribution in [-0.4, -0.2) is 19.6 Å². The highest BCUT2D eigenvalue weighted by Crippen LogP contribution is 2.09. The minimum absolute atomic E-state index is 0.0273. The first-order valence-electron chi connectivity index (χ1n) is 6.89. The molecule has 3 N–H and O–H groups in total. The standard InChI is InChI=1S/C17H20N2O2/c1-21-17(20)15-9-7-13(8-10-15)11-19-12-16(18)14-5-3-2-4-6-14/h2-10,16,19H,11-12,18H2,1H3/t16-/m0/s1. The highest BCUT2D eigenvalue weighted by Gasteiger charge is 2.06. The molecule has 0 fully saturated rings. The molecule has 0 amide bonds. The molecule has 110 valence electrons. The van der Waals surface area contributed by atoms with E-state index in [1.54, 1.807) is 12.1 Å². The van der Waals surface area contributed by atoms with Crippen molar-refractivity contribution in [2.45, 2.75) is 12.6 Å². The van der Waals surface area contributed by atoms with Crippen molar-refractivity contribution in [3.63, 3.8) is 0 Å². The third kappa shape index (κ3) is 4.41. The van der Waals surface area contributed by atoms with Crippen molar-refractivity contribution in [3.05, 3.63) is 71.3 Å². The molecule has 0 radical (unpaired) electrons. The molecule has 0 aliphatic carbocycles. The van der Waals surface area contributed by atoms with Crippen LogP contribution in [0.15, 0.2) is 54.6 Å². The van der Waals surface area contributed by atoms with Crippen LogP contribution in [0.2, 0.25) is 0 Å². The Morgan fingerprint density at radius 3 is 2.43 bits per heavy atom. The predicted octanol–water partition coefficient (Wildman–Crippen LogP) is 2.26. The van der Waals surface area contributed by atoms with E-state index in [0.29, 0.717) is 18.7 Å². The first-order chi connectivity index (χ1) is 10.2. The Kier molecular flexibility index (Phi) is 5.49. The average Bonchev–Trinajstić information content (AvgIpc) is 2.55. The molecule has 0 aliphatic heterocycles. The third-order valence-electron chi connectivity index (χ3n) is 3.30. The number of hydrogen-bond acceptors (Lipinski definition) is 4. The molecule has 0 spiro atoms. The van der Waals surface area contributed by atoms with Crippen molar-refractivity contribution in [1.82, 2.24) is 5.32 Å². The van der Waals surface area contributed by atoms with E-state index < -0.39 is 0 Å². The first kappa shape index (κ1) is 15.2. The molecule has 4 nitrogen and oxygen atoms in total. The summed E-state index contributed by atoms with van der Waals surface area (Å²) in [5.74, 6) is -0.319. The lowest BCUT2D eigenvalue weighted by Crippen LogP contribution is -2.26. The molecule has 0 aliphatic rings. The fraction of sp³-hybridized carbons (Fsp3) is 0.235. The number of ether oxygens (including phenoxy) is 1. The fourth-order valence-corrected chi connectivity index (χ4v) is 2.07. The number of carbonyl (C=O) groups is 1. The van der Waals surface area contributed by atoms with Crippen molar-refractivity contribution in [2.24, 2.45) is 5.73 Å². The number of carbonyl (C=O) groups excluding carboxylic acids is 1. The maximum Gasteiger partial charge on any atom is 0.337 e. The van der Waals surface area contributed by atoms with Gasteiger partial charge in [-0.2, -0.15) is 0 Å². The molecule has 1 atom stereocenters. The number of nitrogens with two attached hydrogens (primary N) is 1. The highest BCUT2D eigenvalue weighted by molar-refractivity contribution is 5.89. The Hall–Kier alpha value is -2.17. The quantitative estimate of drug-likeness (QED) is 0.799. The van der Waals surface area contributed by atoms with E-state index in [-0.39, 0.29) is 12.0 Å². The van der Waals surface area contributed by atoms with Crippen molar-refractivity contribution >= 4 is 5.97 Å². The second-order valence-electron chi connectivity index (χ2n) is 4.84. The number of benzene rings is 2. The summed E-state index contributed by atoms with van der Waals surface area (Å²) in [5, 5.41) is 3.32. The number of esters is 1. The summed E-state index contributed by atoms with van der Waals surface area (Å²) >= 11 is 0. The Morgan fingerprint density at radius 1 is 1.14 bits per heavy atom. The predicted molar refractivity (Wildman–Crippen MR) is 82.9 cm³/mol. The molecular formula is C17H20N2O2. The molecule has 2 aromatic rings. The molecular weight excluding hydrogens is 264 g/mol. The van der Waals surface area contributed by atoms with Crippen molar-refractivity contribution in [3.8, 4) is 0 Å². The van der Waals surface area contributed by atoms with Crippen LogP contribution in [0.4, 0.5) is 0 Å². The van der Waals surface area contributed by atoms with Gasteiger partial charge >= 0.3 is 5.97 Å². The van der Waals surface area contributed by atoms with Crippen LogP contribution in [0.1, 0.15) is 27.5 Å². The van der Waals surface area contributed by atoms with Gasteiger partial charge in [-0.3, -0.25) is 0 Å². The normalized spacial score (nSPS) is 11.9. The number of methoxy groups -OCH3 is 1. The zero-order valence-corrected chi connectivity index (χ0v) is 12.1. The van der Waals surface area contributed by atoms with Crippen LogP contribution < -0.4 is 11.1 Å². The van der Waals surface area contributed by atoms with Gasteiger partial charge in [0.1, 0.15) is 0 Å². The van der Waals surface area contributed by atoms with Gasteiger partial charge in [-0.15, -0.1) is 0 Å². The van der Waals surface area contributed by atoms with Gasteiger partial charge in [-0.05, 0) is 23.3 Å². The van der Waals surface area contributed by atoms with Crippen LogP contribution >= 0.6 is 0 Å². The van der Waals surface area contributed by atoms with Crippen LogP contribution in [0.5, 0.6) is 0 Å². The zero-order valence-electron chi connectivity index (χ0n) is 12.1. The van der Waals surface area contributed by atoms with Gasteiger partial charge in [0.25, 0.3) is 0 Å². The summed E-state index contributed by atoms with van der Waals surface area (Å²) in [5.41, 5.74) is 8.89. The van der Waals surface area contributed by atoms with E-state index >= 15 is 0 Å². The lowest BCUT2D eigenvalue weighted by molar-refractivity contribution is 0.0600. The lowest BCUT2D eigenvalue weighted by atomic mass is 10.1. The Balaban J connectivity index is 1.82. The fourth-order valence-electron chi connectivity index (χ4n) is 2.07. The second-order valence-corrected chi connectivity index (χ2v) is 4.84. The van der Waals surface area contributed by atoms with E-state index in [1.807, 2.05) is 42.5 Å². The lowest BCUT2D eigenvalue weighted by Gasteiger charge is -2.13. The first-order valence-corrected chi connectivity index (χ1v) is 6.89. The van der Waals surface area contributed by atoms with Gasteiger partial charge in [-0.25, -0.2) is 4.79 Å². The molecule has 4 heteroatoms. The van der Waals surface area contributed by atoms with E-state index in [1.165, 1.54) is 7.11 Å². The highest BCUT2D eigenvalue weighted by atomic mass is 16.5. The van der Waals surface area contributed by atoms with E-state index in [4.69, 9.17) is 5.73 Å². The summed E-state index contributed by atoms with van der Waals surface area (Å²) < 4.78 is 4.67. The van der Waals surface area contributed by atoms with Crippen LogP contribution in [-0.2, 0) is 11.3 Å². The van der Waals surface area contributed by atoms with Crippen LogP contribution in [0.25, 0.3) is 0 Å². The van der Waals surface area contributed by atoms with Crippen LogP contribution in [0.3, 0.4) is 0 Å². The number of hydrogen-bond donors (Lipinski definition) is 2. The summed E-state index contributed by atoms with van der Waals surface area (Å²) in [7, 11) is 1.38. The minimum atomic E-state index is -0.319. The average molecular weight is 284 g/mol. The van der Waals surface area contributed by atoms with Gasteiger partial charge in [0.2, 0.25) is 0 Å². The van der Waals surface area contributed by atoms with Crippen molar-refractivity contribution in [2.75, 3.05) is 13.7 Å². The molecule has 0 heterocycles. The molecule has 0 aromatic heterocycles. The van der Waals surface area contributed by atoms with Gasteiger partial charge in [0.05, 0.1) is 12.7 Å². The Morgan fingerprint density at radius 2 is 1.81 bits per heavy atom. The van der Waals surface area contributed by atoms with Gasteiger partial charge in [0.15, 0.2) is 0 Å². The number of nitrogens with one attached hydrogen (secondary N) is 1. The summed E-state index contributed by atoms with van der Waals surface area (Å²) in [6.07, 6.45) is 0. The molecule has 21 heavy (non-hydrogen) atoms. The smallest absolute Gasteiger partial charge is 0.337 e. The van der Waals surface area contributed by atoms with E-state index in [0.717, 1.165) is 11.1 Å². The number of rotatable bonds is 6. The molecule has 0 bridgehead atoms. The van der Waals surface area contributed by atoms with Gasteiger partial charge in [-0.1, -0.05) is 42.5 Å². The third-order valence-corrected chi connectivity index (χ3v) is 3.30. The monoisotopic (exact) mass is 284 g/mol. The molecule has 2 aromatic carbocycles. The molecule has 0 saturated carbocycles. The molecule has 0 saturated heterocycles. The van der Waals surface area contributed by atoms with Crippen molar-refractivity contribution < 1.29 is 9.53 Å². The Labute approximate surface area is 124 Å². The summed E-state index contributed by atoms with van der Waals surface area (Å²) in [6, 6.07) is 17.3. The van der Waals surface area contributed by atoms with Crippen molar-refractivity contribution in [1.29, 1.82) is 0 Å². The Bertz CT molecular complexity index is 567. The van der Waals surface area contributed by atoms with Crippen LogP contribution in [0, 0.1) is 0 Å². The van der Waals surface area contributed by atoms with Gasteiger partial charge < -0.3 is 15.8 Å². The maximum absolute atomic E-state index is 11.3. The molecule has 2 rings (SSSR count).